The van der Waals surface area contributed by atoms with E-state index in [0.717, 1.165) is 25.7 Å². The summed E-state index contributed by atoms with van der Waals surface area (Å²) in [6.07, 6.45) is 7.89. The van der Waals surface area contributed by atoms with Gasteiger partial charge in [0.05, 0.1) is 40.7 Å². The highest BCUT2D eigenvalue weighted by Crippen LogP contribution is 2.41. The van der Waals surface area contributed by atoms with Gasteiger partial charge in [0.1, 0.15) is 0 Å². The largest absolute Gasteiger partial charge is 0.405 e. The van der Waals surface area contributed by atoms with Crippen molar-refractivity contribution in [3.63, 3.8) is 0 Å². The third-order valence-electron chi connectivity index (χ3n) is 7.08. The highest BCUT2D eigenvalue weighted by Gasteiger charge is 2.42. The first-order chi connectivity index (χ1) is 16.7. The van der Waals surface area contributed by atoms with Crippen molar-refractivity contribution in [2.24, 2.45) is 27.4 Å². The van der Waals surface area contributed by atoms with Crippen molar-refractivity contribution in [1.82, 2.24) is 4.90 Å². The van der Waals surface area contributed by atoms with Gasteiger partial charge in [0, 0.05) is 24.4 Å². The number of guanidine groups is 1. The Balaban J connectivity index is 1.53. The lowest BCUT2D eigenvalue weighted by molar-refractivity contribution is -0.133. The second-order valence-electron chi connectivity index (χ2n) is 9.63. The minimum Gasteiger partial charge on any atom is -0.405 e. The van der Waals surface area contributed by atoms with Crippen LogP contribution in [0.15, 0.2) is 40.5 Å². The molecule has 4 rings (SSSR count). The molecule has 0 aromatic heterocycles. The Morgan fingerprint density at radius 1 is 1.37 bits per heavy atom. The number of nitrogens with zero attached hydrogens (tertiary/aromatic N) is 3. The van der Waals surface area contributed by atoms with Crippen LogP contribution in [0.25, 0.3) is 0 Å². The van der Waals surface area contributed by atoms with Crippen molar-refractivity contribution >= 4 is 41.3 Å². The summed E-state index contributed by atoms with van der Waals surface area (Å²) in [4.78, 5) is 36.9. The number of benzene rings is 1. The number of allylic oxidation sites excluding steroid dienone is 1. The molecule has 188 valence electrons. The number of carbonyl (C=O) groups is 2. The molecule has 5 atom stereocenters. The molecular weight excluding hydrogens is 468 g/mol. The normalized spacial score (nSPS) is 31.5. The van der Waals surface area contributed by atoms with E-state index in [2.05, 4.69) is 10.3 Å². The van der Waals surface area contributed by atoms with E-state index in [4.69, 9.17) is 32.8 Å². The third kappa shape index (κ3) is 5.21. The monoisotopic (exact) mass is 500 g/mol. The number of amides is 2. The van der Waals surface area contributed by atoms with Crippen molar-refractivity contribution in [3.8, 4) is 0 Å². The van der Waals surface area contributed by atoms with Gasteiger partial charge in [-0.3, -0.25) is 19.5 Å². The van der Waals surface area contributed by atoms with Crippen LogP contribution in [-0.2, 0) is 19.9 Å². The summed E-state index contributed by atoms with van der Waals surface area (Å²) < 4.78 is 5.61. The maximum Gasteiger partial charge on any atom is 0.232 e. The van der Waals surface area contributed by atoms with Gasteiger partial charge < -0.3 is 21.5 Å². The first kappa shape index (κ1) is 25.2. The molecular formula is C25H33ClN6O3. The quantitative estimate of drug-likeness (QED) is 0.516. The van der Waals surface area contributed by atoms with Crippen LogP contribution in [0.3, 0.4) is 0 Å². The molecule has 2 fully saturated rings. The van der Waals surface area contributed by atoms with Gasteiger partial charge in [0.2, 0.25) is 11.8 Å². The summed E-state index contributed by atoms with van der Waals surface area (Å²) in [6.45, 7) is 4.42. The first-order valence-corrected chi connectivity index (χ1v) is 12.4. The van der Waals surface area contributed by atoms with Gasteiger partial charge in [0.15, 0.2) is 5.96 Å². The van der Waals surface area contributed by atoms with Gasteiger partial charge in [-0.15, -0.1) is 0 Å². The maximum absolute atomic E-state index is 13.2. The molecule has 35 heavy (non-hydrogen) atoms. The molecule has 1 saturated carbocycles. The lowest BCUT2D eigenvalue weighted by atomic mass is 9.79. The van der Waals surface area contributed by atoms with Gasteiger partial charge in [0.25, 0.3) is 0 Å². The SMILES string of the molecule is C[C@@H]1C[C@H](N2C(=O)C[C@@](C)(c3cccc(NC(=O)C4CCC4N=CC=CN)c3Cl)N=C2N)CCO1. The van der Waals surface area contributed by atoms with Gasteiger partial charge in [-0.1, -0.05) is 23.7 Å². The fraction of sp³-hybridized carbons (Fsp3) is 0.520. The van der Waals surface area contributed by atoms with E-state index < -0.39 is 5.54 Å². The van der Waals surface area contributed by atoms with Crippen LogP contribution in [0.1, 0.15) is 51.5 Å². The molecule has 2 aliphatic heterocycles. The number of hydrogen-bond acceptors (Lipinski definition) is 7. The maximum atomic E-state index is 13.2. The summed E-state index contributed by atoms with van der Waals surface area (Å²) in [7, 11) is 0. The summed E-state index contributed by atoms with van der Waals surface area (Å²) in [6, 6.07) is 5.26. The van der Waals surface area contributed by atoms with Gasteiger partial charge in [-0.2, -0.15) is 0 Å². The van der Waals surface area contributed by atoms with Crippen molar-refractivity contribution in [2.45, 2.75) is 69.7 Å². The second-order valence-corrected chi connectivity index (χ2v) is 10.0. The number of hydrogen-bond donors (Lipinski definition) is 3. The van der Waals surface area contributed by atoms with Crippen molar-refractivity contribution < 1.29 is 14.3 Å². The molecule has 1 aromatic rings. The Morgan fingerprint density at radius 3 is 2.83 bits per heavy atom. The predicted molar refractivity (Wildman–Crippen MR) is 137 cm³/mol. The van der Waals surface area contributed by atoms with E-state index in [1.807, 2.05) is 19.9 Å². The van der Waals surface area contributed by atoms with Gasteiger partial charge >= 0.3 is 0 Å². The molecule has 3 aliphatic rings. The number of halogens is 1. The van der Waals surface area contributed by atoms with E-state index >= 15 is 0 Å². The fourth-order valence-electron chi connectivity index (χ4n) is 5.06. The topological polar surface area (TPSA) is 135 Å². The Hall–Kier alpha value is -2.91. The van der Waals surface area contributed by atoms with Crippen molar-refractivity contribution in [3.05, 3.63) is 41.1 Å². The predicted octanol–water partition coefficient (Wildman–Crippen LogP) is 2.93. The van der Waals surface area contributed by atoms with Crippen LogP contribution in [0, 0.1) is 5.92 Å². The fourth-order valence-corrected chi connectivity index (χ4v) is 5.43. The van der Waals surface area contributed by atoms with Crippen LogP contribution in [0.2, 0.25) is 5.02 Å². The molecule has 1 aromatic carbocycles. The lowest BCUT2D eigenvalue weighted by Gasteiger charge is -2.41. The zero-order chi connectivity index (χ0) is 25.2. The minimum atomic E-state index is -0.940. The van der Waals surface area contributed by atoms with Crippen LogP contribution < -0.4 is 16.8 Å². The zero-order valence-corrected chi connectivity index (χ0v) is 20.9. The Kier molecular flexibility index (Phi) is 7.47. The van der Waals surface area contributed by atoms with Crippen LogP contribution in [0.5, 0.6) is 0 Å². The standard InChI is InChI=1S/C25H33ClN6O3/c1-15-13-16(9-12-35-15)32-21(33)14-25(2,31-24(32)28)18-5-3-6-20(22(18)26)30-23(34)17-7-8-19(17)29-11-4-10-27/h3-6,10-11,15-17,19H,7-9,12-14,27H2,1-2H3,(H2,28,31)(H,30,34)/t15-,16-,17?,19?,25+/m1/s1. The summed E-state index contributed by atoms with van der Waals surface area (Å²) in [5, 5.41) is 3.29. The average molecular weight is 501 g/mol. The molecule has 0 bridgehead atoms. The first-order valence-electron chi connectivity index (χ1n) is 12.0. The number of rotatable bonds is 6. The Bertz CT molecular complexity index is 1070. The van der Waals surface area contributed by atoms with E-state index in [0.29, 0.717) is 22.9 Å². The molecule has 2 heterocycles. The van der Waals surface area contributed by atoms with Crippen LogP contribution in [0.4, 0.5) is 5.69 Å². The van der Waals surface area contributed by atoms with Crippen LogP contribution in [-0.4, -0.2) is 53.7 Å². The molecule has 1 saturated heterocycles. The highest BCUT2D eigenvalue weighted by molar-refractivity contribution is 6.34. The van der Waals surface area contributed by atoms with Crippen molar-refractivity contribution in [2.75, 3.05) is 11.9 Å². The minimum absolute atomic E-state index is 0.0286. The molecule has 0 radical (unpaired) electrons. The number of anilines is 1. The van der Waals surface area contributed by atoms with Crippen molar-refractivity contribution in [1.29, 1.82) is 0 Å². The summed E-state index contributed by atoms with van der Waals surface area (Å²) in [5.74, 6) is -0.267. The van der Waals surface area contributed by atoms with E-state index in [9.17, 15) is 9.59 Å². The van der Waals surface area contributed by atoms with E-state index in [1.54, 1.807) is 29.3 Å². The third-order valence-corrected chi connectivity index (χ3v) is 7.49. The Labute approximate surface area is 210 Å². The van der Waals surface area contributed by atoms with E-state index in [1.165, 1.54) is 6.20 Å². The number of ether oxygens (including phenoxy) is 1. The molecule has 2 unspecified atom stereocenters. The summed E-state index contributed by atoms with van der Waals surface area (Å²) in [5.41, 5.74) is 11.8. The number of nitrogens with one attached hydrogen (secondary N) is 1. The van der Waals surface area contributed by atoms with Crippen LogP contribution >= 0.6 is 11.6 Å². The van der Waals surface area contributed by atoms with Gasteiger partial charge in [-0.25, -0.2) is 4.99 Å². The molecule has 9 nitrogen and oxygen atoms in total. The number of nitrogens with two attached hydrogens (primary N) is 2. The number of aliphatic imine (C=N–C) groups is 2. The summed E-state index contributed by atoms with van der Waals surface area (Å²) >= 11 is 6.76. The lowest BCUT2D eigenvalue weighted by Crippen LogP contribution is -2.56. The molecule has 1 aliphatic carbocycles. The molecule has 5 N–H and O–H groups in total. The molecule has 2 amide bonds. The molecule has 10 heteroatoms. The Morgan fingerprint density at radius 2 is 2.17 bits per heavy atom. The number of carbonyl (C=O) groups excluding carboxylic acids is 2. The average Bonchev–Trinajstić information content (AvgIpc) is 2.76. The zero-order valence-electron chi connectivity index (χ0n) is 20.1. The van der Waals surface area contributed by atoms with Gasteiger partial charge in [-0.05, 0) is 57.9 Å². The van der Waals surface area contributed by atoms with E-state index in [-0.39, 0.29) is 48.3 Å². The highest BCUT2D eigenvalue weighted by atomic mass is 35.5. The smallest absolute Gasteiger partial charge is 0.232 e. The molecule has 0 spiro atoms. The second kappa shape index (κ2) is 10.4.